The molecule has 46 heavy (non-hydrogen) atoms. The van der Waals surface area contributed by atoms with Crippen LogP contribution < -0.4 is 0 Å². The van der Waals surface area contributed by atoms with Gasteiger partial charge in [0.25, 0.3) is 5.91 Å². The minimum atomic E-state index is -0.984. The number of nitrogens with zero attached hydrogens (tertiary/aromatic N) is 3. The maximum absolute atomic E-state index is 14.0. The second kappa shape index (κ2) is 14.6. The Labute approximate surface area is 274 Å². The van der Waals surface area contributed by atoms with Crippen molar-refractivity contribution in [2.75, 3.05) is 6.54 Å². The van der Waals surface area contributed by atoms with Crippen LogP contribution in [0.5, 0.6) is 0 Å². The molecule has 1 amide bonds. The van der Waals surface area contributed by atoms with Gasteiger partial charge in [-0.3, -0.25) is 13.9 Å². The average molecular weight is 634 g/mol. The van der Waals surface area contributed by atoms with Crippen molar-refractivity contribution in [2.45, 2.75) is 58.8 Å². The fourth-order valence-corrected chi connectivity index (χ4v) is 6.79. The Morgan fingerprint density at radius 3 is 2.24 bits per heavy atom. The third kappa shape index (κ3) is 7.23. The number of hydrogen-bond donors (Lipinski definition) is 1. The minimum Gasteiger partial charge on any atom is -0.478 e. The Morgan fingerprint density at radius 2 is 1.61 bits per heavy atom. The molecule has 0 aliphatic rings. The summed E-state index contributed by atoms with van der Waals surface area (Å²) < 4.78 is 3.77. The maximum Gasteiger partial charge on any atom is 0.336 e. The number of ketones is 1. The topological polar surface area (TPSA) is 92.5 Å². The summed E-state index contributed by atoms with van der Waals surface area (Å²) in [5.74, 6) is -0.243. The molecular formula is C38H39N3O4S. The van der Waals surface area contributed by atoms with Gasteiger partial charge in [0.15, 0.2) is 0 Å². The highest BCUT2D eigenvalue weighted by Gasteiger charge is 2.25. The number of carboxylic acid groups (broad SMARTS) is 1. The molecule has 0 bridgehead atoms. The lowest BCUT2D eigenvalue weighted by Crippen LogP contribution is -2.30. The van der Waals surface area contributed by atoms with Crippen LogP contribution >= 0.6 is 11.9 Å². The molecule has 0 aliphatic carbocycles. The lowest BCUT2D eigenvalue weighted by atomic mass is 9.97. The van der Waals surface area contributed by atoms with Crippen LogP contribution in [-0.4, -0.2) is 48.4 Å². The Kier molecular flexibility index (Phi) is 10.4. The highest BCUT2D eigenvalue weighted by Crippen LogP contribution is 2.30. The van der Waals surface area contributed by atoms with Gasteiger partial charge in [-0.2, -0.15) is 0 Å². The van der Waals surface area contributed by atoms with Crippen molar-refractivity contribution >= 4 is 40.6 Å². The van der Waals surface area contributed by atoms with E-state index in [4.69, 9.17) is 4.98 Å². The van der Waals surface area contributed by atoms with E-state index in [1.807, 2.05) is 98.8 Å². The third-order valence-corrected chi connectivity index (χ3v) is 9.50. The summed E-state index contributed by atoms with van der Waals surface area (Å²) in [6.45, 7) is 8.39. The highest BCUT2D eigenvalue weighted by atomic mass is 32.2. The number of Topliss-reactive ketones (excluding diaryl/α,β-unsaturated/α-hetero) is 1. The summed E-state index contributed by atoms with van der Waals surface area (Å²) in [6.07, 6.45) is 2.16. The number of carbonyl (C=O) groups is 3. The molecule has 4 aromatic carbocycles. The van der Waals surface area contributed by atoms with Crippen molar-refractivity contribution in [3.63, 3.8) is 0 Å². The van der Waals surface area contributed by atoms with Crippen molar-refractivity contribution in [1.82, 2.24) is 13.9 Å². The van der Waals surface area contributed by atoms with E-state index in [0.717, 1.165) is 52.0 Å². The van der Waals surface area contributed by atoms with E-state index in [0.29, 0.717) is 30.6 Å². The van der Waals surface area contributed by atoms with Crippen LogP contribution in [0.1, 0.15) is 70.4 Å². The molecule has 1 N–H and O–H groups in total. The number of carboxylic acids is 1. The molecule has 1 unspecified atom stereocenters. The molecule has 7 nitrogen and oxygen atoms in total. The summed E-state index contributed by atoms with van der Waals surface area (Å²) >= 11 is 1.29. The first-order valence-corrected chi connectivity index (χ1v) is 16.5. The van der Waals surface area contributed by atoms with Gasteiger partial charge >= 0.3 is 5.97 Å². The van der Waals surface area contributed by atoms with Crippen molar-refractivity contribution in [3.8, 4) is 11.1 Å². The zero-order valence-electron chi connectivity index (χ0n) is 26.7. The second-order valence-corrected chi connectivity index (χ2v) is 12.7. The molecule has 236 valence electrons. The number of benzene rings is 4. The van der Waals surface area contributed by atoms with Gasteiger partial charge in [-0.25, -0.2) is 9.78 Å². The SMILES string of the molecule is CCCc1nc2c(C)cc(C(=O)N(CC)SC(Cc3ccccc3)C(C)=O)cc2n1Cc1ccc(-c2ccccc2)c(C(=O)O)c1. The predicted octanol–water partition coefficient (Wildman–Crippen LogP) is 8.02. The minimum absolute atomic E-state index is 0.0213. The van der Waals surface area contributed by atoms with Crippen molar-refractivity contribution in [1.29, 1.82) is 0 Å². The number of amides is 1. The Bertz CT molecular complexity index is 1870. The van der Waals surface area contributed by atoms with Gasteiger partial charge in [0, 0.05) is 25.1 Å². The van der Waals surface area contributed by atoms with Gasteiger partial charge in [0.1, 0.15) is 11.6 Å². The summed E-state index contributed by atoms with van der Waals surface area (Å²) in [6, 6.07) is 28.7. The number of aromatic carboxylic acids is 1. The number of hydrogen-bond acceptors (Lipinski definition) is 5. The summed E-state index contributed by atoms with van der Waals surface area (Å²) in [4.78, 5) is 43.9. The fourth-order valence-electron chi connectivity index (χ4n) is 5.72. The standard InChI is InChI=1S/C38H39N3O4S/c1-5-13-35-39-36-25(3)20-30(37(43)41(6-2)46-34(26(4)42)22-27-14-9-7-10-15-27)23-33(36)40(35)24-28-18-19-31(32(21-28)38(44)45)29-16-11-8-12-17-29/h7-12,14-21,23,34H,5-6,13,22,24H2,1-4H3,(H,44,45). The van der Waals surface area contributed by atoms with E-state index >= 15 is 0 Å². The summed E-state index contributed by atoms with van der Waals surface area (Å²) in [7, 11) is 0. The van der Waals surface area contributed by atoms with Crippen LogP contribution in [0.3, 0.4) is 0 Å². The van der Waals surface area contributed by atoms with Crippen molar-refractivity contribution < 1.29 is 19.5 Å². The first-order valence-electron chi connectivity index (χ1n) is 15.6. The molecule has 0 saturated heterocycles. The number of imidazole rings is 1. The van der Waals surface area contributed by atoms with E-state index in [2.05, 4.69) is 11.5 Å². The van der Waals surface area contributed by atoms with Crippen LogP contribution in [0, 0.1) is 6.92 Å². The van der Waals surface area contributed by atoms with Gasteiger partial charge in [-0.15, -0.1) is 0 Å². The van der Waals surface area contributed by atoms with Crippen LogP contribution in [0.2, 0.25) is 0 Å². The van der Waals surface area contributed by atoms with Crippen LogP contribution in [0.15, 0.2) is 91.0 Å². The average Bonchev–Trinajstić information content (AvgIpc) is 3.40. The number of rotatable bonds is 13. The van der Waals surface area contributed by atoms with Gasteiger partial charge in [-0.05, 0) is 91.6 Å². The monoisotopic (exact) mass is 633 g/mol. The lowest BCUT2D eigenvalue weighted by molar-refractivity contribution is -0.116. The number of aromatic nitrogens is 2. The Hall–Kier alpha value is -4.69. The first-order chi connectivity index (χ1) is 22.2. The molecule has 0 fully saturated rings. The first kappa shape index (κ1) is 32.7. The largest absolute Gasteiger partial charge is 0.478 e. The Morgan fingerprint density at radius 1 is 0.913 bits per heavy atom. The van der Waals surface area contributed by atoms with E-state index in [9.17, 15) is 19.5 Å². The molecule has 5 aromatic rings. The van der Waals surface area contributed by atoms with Crippen LogP contribution in [-0.2, 0) is 24.2 Å². The molecule has 0 spiro atoms. The van der Waals surface area contributed by atoms with Gasteiger partial charge in [-0.1, -0.05) is 79.7 Å². The van der Waals surface area contributed by atoms with Gasteiger partial charge < -0.3 is 9.67 Å². The van der Waals surface area contributed by atoms with Crippen LogP contribution in [0.4, 0.5) is 0 Å². The Balaban J connectivity index is 1.50. The molecule has 0 aliphatic heterocycles. The molecule has 8 heteroatoms. The van der Waals surface area contributed by atoms with E-state index < -0.39 is 5.97 Å². The molecule has 1 atom stereocenters. The molecule has 1 heterocycles. The third-order valence-electron chi connectivity index (χ3n) is 8.07. The molecule has 5 rings (SSSR count). The fraction of sp³-hybridized carbons (Fsp3) is 0.263. The normalized spacial score (nSPS) is 11.8. The molecule has 0 radical (unpaired) electrons. The smallest absolute Gasteiger partial charge is 0.336 e. The van der Waals surface area contributed by atoms with Crippen molar-refractivity contribution in [2.24, 2.45) is 0 Å². The van der Waals surface area contributed by atoms with E-state index in [1.54, 1.807) is 17.3 Å². The number of aryl methyl sites for hydroxylation is 2. The quantitative estimate of drug-likeness (QED) is 0.132. The van der Waals surface area contributed by atoms with E-state index in [1.165, 1.54) is 11.9 Å². The highest BCUT2D eigenvalue weighted by molar-refractivity contribution is 7.98. The van der Waals surface area contributed by atoms with E-state index in [-0.39, 0.29) is 22.5 Å². The summed E-state index contributed by atoms with van der Waals surface area (Å²) in [5.41, 5.74) is 6.68. The zero-order chi connectivity index (χ0) is 32.8. The second-order valence-electron chi connectivity index (χ2n) is 11.5. The van der Waals surface area contributed by atoms with Gasteiger partial charge in [0.05, 0.1) is 21.8 Å². The predicted molar refractivity (Wildman–Crippen MR) is 185 cm³/mol. The molecule has 0 saturated carbocycles. The zero-order valence-corrected chi connectivity index (χ0v) is 27.5. The number of fused-ring (bicyclic) bond motifs is 1. The molecule has 1 aromatic heterocycles. The summed E-state index contributed by atoms with van der Waals surface area (Å²) in [5, 5.41) is 9.70. The lowest BCUT2D eigenvalue weighted by Gasteiger charge is -2.24. The number of carbonyl (C=O) groups excluding carboxylic acids is 2. The van der Waals surface area contributed by atoms with Crippen molar-refractivity contribution in [3.05, 3.63) is 125 Å². The maximum atomic E-state index is 14.0. The molecular weight excluding hydrogens is 595 g/mol. The van der Waals surface area contributed by atoms with Crippen LogP contribution in [0.25, 0.3) is 22.2 Å². The van der Waals surface area contributed by atoms with Gasteiger partial charge in [0.2, 0.25) is 0 Å².